The molecule has 0 saturated carbocycles. The van der Waals surface area contributed by atoms with E-state index in [2.05, 4.69) is 36.3 Å². The predicted octanol–water partition coefficient (Wildman–Crippen LogP) is 1.83. The quantitative estimate of drug-likeness (QED) is 0.414. The lowest BCUT2D eigenvalue weighted by atomic mass is 10.2. The van der Waals surface area contributed by atoms with Gasteiger partial charge < -0.3 is 10.6 Å². The summed E-state index contributed by atoms with van der Waals surface area (Å²) in [6.45, 7) is 11.8. The Morgan fingerprint density at radius 1 is 1.28 bits per heavy atom. The van der Waals surface area contributed by atoms with Crippen LogP contribution >= 0.6 is 0 Å². The van der Waals surface area contributed by atoms with E-state index in [1.807, 2.05) is 0 Å². The number of guanidine groups is 1. The fourth-order valence-electron chi connectivity index (χ4n) is 2.44. The van der Waals surface area contributed by atoms with Gasteiger partial charge in [-0.25, -0.2) is 0 Å². The maximum atomic E-state index is 4.72. The van der Waals surface area contributed by atoms with Crippen molar-refractivity contribution in [2.24, 2.45) is 4.99 Å². The Morgan fingerprint density at radius 2 is 2.11 bits per heavy atom. The summed E-state index contributed by atoms with van der Waals surface area (Å²) in [7, 11) is 0. The zero-order valence-electron chi connectivity index (χ0n) is 12.3. The lowest BCUT2D eigenvalue weighted by Crippen LogP contribution is -2.39. The fourth-order valence-corrected chi connectivity index (χ4v) is 2.44. The minimum atomic E-state index is 0.650. The van der Waals surface area contributed by atoms with Crippen molar-refractivity contribution in [1.29, 1.82) is 0 Å². The third-order valence-corrected chi connectivity index (χ3v) is 3.53. The molecule has 0 aromatic heterocycles. The van der Waals surface area contributed by atoms with Crippen LogP contribution in [0.15, 0.2) is 4.99 Å². The minimum Gasteiger partial charge on any atom is -0.357 e. The SMILES string of the molecule is CCCCNC(=NCC1CCCN1CC)NCC. The highest BCUT2D eigenvalue weighted by atomic mass is 15.2. The fraction of sp³-hybridized carbons (Fsp3) is 0.929. The van der Waals surface area contributed by atoms with Gasteiger partial charge in [-0.15, -0.1) is 0 Å². The van der Waals surface area contributed by atoms with Crippen LogP contribution in [0.1, 0.15) is 46.5 Å². The topological polar surface area (TPSA) is 39.7 Å². The van der Waals surface area contributed by atoms with Gasteiger partial charge in [-0.1, -0.05) is 20.3 Å². The molecular formula is C14H30N4. The van der Waals surface area contributed by atoms with Gasteiger partial charge in [0.2, 0.25) is 0 Å². The molecule has 0 spiro atoms. The summed E-state index contributed by atoms with van der Waals surface area (Å²) in [5.41, 5.74) is 0. The Kier molecular flexibility index (Phi) is 7.81. The van der Waals surface area contributed by atoms with Crippen LogP contribution < -0.4 is 10.6 Å². The number of nitrogens with one attached hydrogen (secondary N) is 2. The van der Waals surface area contributed by atoms with Crippen LogP contribution in [-0.4, -0.2) is 49.6 Å². The minimum absolute atomic E-state index is 0.650. The van der Waals surface area contributed by atoms with Gasteiger partial charge in [0.25, 0.3) is 0 Å². The summed E-state index contributed by atoms with van der Waals surface area (Å²) in [6, 6.07) is 0.650. The molecule has 4 heteroatoms. The molecule has 1 aliphatic rings. The van der Waals surface area contributed by atoms with Gasteiger partial charge in [0.05, 0.1) is 6.54 Å². The summed E-state index contributed by atoms with van der Waals surface area (Å²) in [5, 5.41) is 6.72. The van der Waals surface area contributed by atoms with E-state index in [-0.39, 0.29) is 0 Å². The lowest BCUT2D eigenvalue weighted by molar-refractivity contribution is 0.273. The van der Waals surface area contributed by atoms with E-state index in [1.165, 1.54) is 32.2 Å². The Morgan fingerprint density at radius 3 is 2.78 bits per heavy atom. The van der Waals surface area contributed by atoms with Crippen molar-refractivity contribution in [2.75, 3.05) is 32.7 Å². The molecule has 106 valence electrons. The zero-order chi connectivity index (χ0) is 13.2. The summed E-state index contributed by atoms with van der Waals surface area (Å²) >= 11 is 0. The number of unbranched alkanes of at least 4 members (excludes halogenated alkanes) is 1. The molecule has 1 unspecified atom stereocenters. The first-order valence-corrected chi connectivity index (χ1v) is 7.58. The molecule has 1 atom stereocenters. The van der Waals surface area contributed by atoms with Crippen molar-refractivity contribution in [3.8, 4) is 0 Å². The Bertz CT molecular complexity index is 240. The molecule has 0 aromatic carbocycles. The molecule has 18 heavy (non-hydrogen) atoms. The van der Waals surface area contributed by atoms with Crippen LogP contribution in [0.4, 0.5) is 0 Å². The smallest absolute Gasteiger partial charge is 0.191 e. The molecule has 0 aromatic rings. The van der Waals surface area contributed by atoms with E-state index in [1.54, 1.807) is 0 Å². The lowest BCUT2D eigenvalue weighted by Gasteiger charge is -2.21. The molecule has 1 rings (SSSR count). The first-order valence-electron chi connectivity index (χ1n) is 7.58. The van der Waals surface area contributed by atoms with Gasteiger partial charge >= 0.3 is 0 Å². The molecule has 2 N–H and O–H groups in total. The second kappa shape index (κ2) is 9.20. The molecule has 1 fully saturated rings. The monoisotopic (exact) mass is 254 g/mol. The maximum Gasteiger partial charge on any atom is 0.191 e. The van der Waals surface area contributed by atoms with Gasteiger partial charge in [0.15, 0.2) is 5.96 Å². The number of hydrogen-bond donors (Lipinski definition) is 2. The predicted molar refractivity (Wildman–Crippen MR) is 79.2 cm³/mol. The van der Waals surface area contributed by atoms with Gasteiger partial charge in [-0.3, -0.25) is 9.89 Å². The molecule has 4 nitrogen and oxygen atoms in total. The number of likely N-dealkylation sites (N-methyl/N-ethyl adjacent to an activating group) is 1. The summed E-state index contributed by atoms with van der Waals surface area (Å²) in [4.78, 5) is 7.26. The Balaban J connectivity index is 2.38. The van der Waals surface area contributed by atoms with E-state index in [0.717, 1.165) is 32.1 Å². The first kappa shape index (κ1) is 15.3. The second-order valence-corrected chi connectivity index (χ2v) is 4.92. The van der Waals surface area contributed by atoms with Crippen LogP contribution in [-0.2, 0) is 0 Å². The third kappa shape index (κ3) is 5.25. The number of nitrogens with zero attached hydrogens (tertiary/aromatic N) is 2. The van der Waals surface area contributed by atoms with Gasteiger partial charge in [-0.05, 0) is 39.3 Å². The summed E-state index contributed by atoms with van der Waals surface area (Å²) < 4.78 is 0. The van der Waals surface area contributed by atoms with Gasteiger partial charge in [-0.2, -0.15) is 0 Å². The number of hydrogen-bond acceptors (Lipinski definition) is 2. The largest absolute Gasteiger partial charge is 0.357 e. The van der Waals surface area contributed by atoms with Crippen molar-refractivity contribution in [1.82, 2.24) is 15.5 Å². The average Bonchev–Trinajstić information content (AvgIpc) is 2.83. The molecule has 0 radical (unpaired) electrons. The highest BCUT2D eigenvalue weighted by Crippen LogP contribution is 2.16. The maximum absolute atomic E-state index is 4.72. The molecule has 0 bridgehead atoms. The molecular weight excluding hydrogens is 224 g/mol. The normalized spacial score (nSPS) is 21.3. The van der Waals surface area contributed by atoms with Crippen LogP contribution in [0.2, 0.25) is 0 Å². The van der Waals surface area contributed by atoms with Crippen LogP contribution in [0.3, 0.4) is 0 Å². The van der Waals surface area contributed by atoms with Crippen molar-refractivity contribution >= 4 is 5.96 Å². The molecule has 1 heterocycles. The van der Waals surface area contributed by atoms with E-state index in [4.69, 9.17) is 4.99 Å². The van der Waals surface area contributed by atoms with Crippen LogP contribution in [0.25, 0.3) is 0 Å². The number of likely N-dealkylation sites (tertiary alicyclic amines) is 1. The third-order valence-electron chi connectivity index (χ3n) is 3.53. The van der Waals surface area contributed by atoms with E-state index in [0.29, 0.717) is 6.04 Å². The highest BCUT2D eigenvalue weighted by Gasteiger charge is 2.22. The van der Waals surface area contributed by atoms with E-state index in [9.17, 15) is 0 Å². The number of rotatable bonds is 7. The highest BCUT2D eigenvalue weighted by molar-refractivity contribution is 5.79. The van der Waals surface area contributed by atoms with Crippen molar-refractivity contribution in [3.05, 3.63) is 0 Å². The molecule has 0 amide bonds. The van der Waals surface area contributed by atoms with Crippen molar-refractivity contribution in [2.45, 2.75) is 52.5 Å². The van der Waals surface area contributed by atoms with Crippen LogP contribution in [0, 0.1) is 0 Å². The first-order chi connectivity index (χ1) is 8.81. The Labute approximate surface area is 112 Å². The van der Waals surface area contributed by atoms with Crippen molar-refractivity contribution < 1.29 is 0 Å². The standard InChI is InChI=1S/C14H30N4/c1-4-7-10-16-14(15-5-2)17-12-13-9-8-11-18(13)6-3/h13H,4-12H2,1-3H3,(H2,15,16,17). The Hall–Kier alpha value is -0.770. The second-order valence-electron chi connectivity index (χ2n) is 4.92. The molecule has 1 saturated heterocycles. The number of aliphatic imine (C=N–C) groups is 1. The van der Waals surface area contributed by atoms with Crippen molar-refractivity contribution in [3.63, 3.8) is 0 Å². The van der Waals surface area contributed by atoms with Gasteiger partial charge in [0, 0.05) is 19.1 Å². The van der Waals surface area contributed by atoms with Crippen LogP contribution in [0.5, 0.6) is 0 Å². The van der Waals surface area contributed by atoms with E-state index < -0.39 is 0 Å². The molecule has 1 aliphatic heterocycles. The van der Waals surface area contributed by atoms with E-state index >= 15 is 0 Å². The zero-order valence-corrected chi connectivity index (χ0v) is 12.3. The molecule has 0 aliphatic carbocycles. The average molecular weight is 254 g/mol. The summed E-state index contributed by atoms with van der Waals surface area (Å²) in [6.07, 6.45) is 5.05. The summed E-state index contributed by atoms with van der Waals surface area (Å²) in [5.74, 6) is 0.980. The van der Waals surface area contributed by atoms with Gasteiger partial charge in [0.1, 0.15) is 0 Å².